The van der Waals surface area contributed by atoms with Crippen LogP contribution in [0.25, 0.3) is 5.76 Å². The Kier molecular flexibility index (Phi) is 5.34. The van der Waals surface area contributed by atoms with E-state index in [-0.39, 0.29) is 43.8 Å². The maximum atomic E-state index is 13.9. The molecule has 32 heavy (non-hydrogen) atoms. The van der Waals surface area contributed by atoms with E-state index in [9.17, 15) is 23.4 Å². The van der Waals surface area contributed by atoms with Crippen molar-refractivity contribution in [2.24, 2.45) is 9.81 Å². The Balaban J connectivity index is 1.88. The number of carbonyl (C=O) groups excluding carboxylic acids is 1. The SMILES string of the molecule is CC(C)(C)CC[C@@]1(C)C(=O)C(C2=NS(=O)(=O)c3c(CO)csc3N2)=C(O)c2ccccc21. The monoisotopic (exact) mass is 474 g/mol. The molecule has 0 amide bonds. The van der Waals surface area contributed by atoms with Crippen LogP contribution in [0.4, 0.5) is 5.00 Å². The summed E-state index contributed by atoms with van der Waals surface area (Å²) in [6, 6.07) is 7.16. The third kappa shape index (κ3) is 3.58. The highest BCUT2D eigenvalue weighted by atomic mass is 32.2. The standard InChI is InChI=1S/C23H26N2O5S2/c1-22(2,3)9-10-23(4)15-8-6-5-7-14(15)17(27)16(19(23)28)20-24-21-18(32(29,30)25-20)13(11-26)12-31-21/h5-8,12,26-27H,9-11H2,1-4H3,(H,24,25)/t23-/m1/s1. The lowest BCUT2D eigenvalue weighted by molar-refractivity contribution is -0.120. The number of nitrogens with one attached hydrogen (secondary N) is 1. The van der Waals surface area contributed by atoms with Gasteiger partial charge in [0.25, 0.3) is 10.0 Å². The molecule has 4 rings (SSSR count). The fourth-order valence-electron chi connectivity index (χ4n) is 4.17. The van der Waals surface area contributed by atoms with Crippen LogP contribution in [-0.4, -0.2) is 30.2 Å². The van der Waals surface area contributed by atoms with Crippen LogP contribution in [0.3, 0.4) is 0 Å². The molecule has 0 bridgehead atoms. The quantitative estimate of drug-likeness (QED) is 0.605. The minimum absolute atomic E-state index is 0.0158. The summed E-state index contributed by atoms with van der Waals surface area (Å²) in [4.78, 5) is 13.8. The fraction of sp³-hybridized carbons (Fsp3) is 0.391. The van der Waals surface area contributed by atoms with Crippen molar-refractivity contribution in [3.63, 3.8) is 0 Å². The zero-order valence-corrected chi connectivity index (χ0v) is 20.0. The highest BCUT2D eigenvalue weighted by molar-refractivity contribution is 7.90. The van der Waals surface area contributed by atoms with Gasteiger partial charge < -0.3 is 15.5 Å². The number of sulfonamides is 1. The summed E-state index contributed by atoms with van der Waals surface area (Å²) < 4.78 is 29.6. The predicted octanol–water partition coefficient (Wildman–Crippen LogP) is 4.39. The van der Waals surface area contributed by atoms with Gasteiger partial charge in [0.1, 0.15) is 21.2 Å². The number of hydrogen-bond acceptors (Lipinski definition) is 7. The third-order valence-corrected chi connectivity index (χ3v) is 8.52. The zero-order valence-electron chi connectivity index (χ0n) is 18.4. The highest BCUT2D eigenvalue weighted by Crippen LogP contribution is 2.46. The Morgan fingerprint density at radius 1 is 1.22 bits per heavy atom. The number of aliphatic hydroxyl groups excluding tert-OH is 2. The van der Waals surface area contributed by atoms with Crippen molar-refractivity contribution in [1.29, 1.82) is 0 Å². The van der Waals surface area contributed by atoms with Crippen molar-refractivity contribution in [1.82, 2.24) is 0 Å². The van der Waals surface area contributed by atoms with Gasteiger partial charge >= 0.3 is 0 Å². The van der Waals surface area contributed by atoms with Crippen molar-refractivity contribution in [2.45, 2.75) is 57.5 Å². The molecule has 3 N–H and O–H groups in total. The predicted molar refractivity (Wildman–Crippen MR) is 126 cm³/mol. The van der Waals surface area contributed by atoms with Crippen LogP contribution in [0.5, 0.6) is 0 Å². The minimum Gasteiger partial charge on any atom is -0.506 e. The molecule has 0 unspecified atom stereocenters. The molecule has 0 radical (unpaired) electrons. The molecule has 0 spiro atoms. The van der Waals surface area contributed by atoms with Gasteiger partial charge in [0.05, 0.1) is 12.0 Å². The van der Waals surface area contributed by atoms with Gasteiger partial charge in [-0.25, -0.2) is 0 Å². The van der Waals surface area contributed by atoms with Crippen LogP contribution in [0, 0.1) is 5.41 Å². The topological polar surface area (TPSA) is 116 Å². The number of amidine groups is 1. The van der Waals surface area contributed by atoms with Gasteiger partial charge in [-0.3, -0.25) is 4.79 Å². The van der Waals surface area contributed by atoms with E-state index in [0.717, 1.165) is 17.8 Å². The molecule has 2 aromatic rings. The van der Waals surface area contributed by atoms with Crippen molar-refractivity contribution >= 4 is 43.7 Å². The second-order valence-corrected chi connectivity index (χ2v) is 12.0. The number of anilines is 1. The average Bonchev–Trinajstić information content (AvgIpc) is 3.14. The van der Waals surface area contributed by atoms with Gasteiger partial charge in [-0.15, -0.1) is 15.7 Å². The van der Waals surface area contributed by atoms with Gasteiger partial charge in [-0.2, -0.15) is 8.42 Å². The van der Waals surface area contributed by atoms with Crippen molar-refractivity contribution in [2.75, 3.05) is 5.32 Å². The van der Waals surface area contributed by atoms with E-state index in [1.807, 2.05) is 19.1 Å². The Morgan fingerprint density at radius 2 is 1.91 bits per heavy atom. The molecule has 0 saturated heterocycles. The molecule has 7 nitrogen and oxygen atoms in total. The molecule has 0 fully saturated rings. The summed E-state index contributed by atoms with van der Waals surface area (Å²) in [6.45, 7) is 7.69. The molecular formula is C23H26N2O5S2. The van der Waals surface area contributed by atoms with Gasteiger partial charge in [0.15, 0.2) is 11.6 Å². The van der Waals surface area contributed by atoms with Crippen molar-refractivity contribution in [3.05, 3.63) is 51.9 Å². The van der Waals surface area contributed by atoms with E-state index < -0.39 is 22.0 Å². The van der Waals surface area contributed by atoms with Gasteiger partial charge in [0.2, 0.25) is 0 Å². The maximum absolute atomic E-state index is 13.9. The van der Waals surface area contributed by atoms with E-state index in [1.54, 1.807) is 12.1 Å². The van der Waals surface area contributed by atoms with Crippen LogP contribution in [-0.2, 0) is 26.8 Å². The first kappa shape index (κ1) is 22.7. The molecule has 1 aliphatic heterocycles. The van der Waals surface area contributed by atoms with E-state index in [4.69, 9.17) is 0 Å². The molecule has 1 atom stereocenters. The van der Waals surface area contributed by atoms with E-state index in [1.165, 1.54) is 5.38 Å². The first-order chi connectivity index (χ1) is 14.9. The van der Waals surface area contributed by atoms with Gasteiger partial charge in [-0.1, -0.05) is 45.0 Å². The highest BCUT2D eigenvalue weighted by Gasteiger charge is 2.47. The summed E-state index contributed by atoms with van der Waals surface area (Å²) in [5.74, 6) is -0.854. The summed E-state index contributed by atoms with van der Waals surface area (Å²) in [5, 5.41) is 25.3. The van der Waals surface area contributed by atoms with E-state index in [2.05, 4.69) is 30.5 Å². The molecule has 1 aliphatic carbocycles. The molecule has 0 saturated carbocycles. The van der Waals surface area contributed by atoms with E-state index in [0.29, 0.717) is 17.5 Å². The number of nitrogens with zero attached hydrogens (tertiary/aromatic N) is 1. The number of hydrogen-bond donors (Lipinski definition) is 3. The number of carbonyl (C=O) groups is 1. The normalized spacial score (nSPS) is 22.2. The smallest absolute Gasteiger partial charge is 0.287 e. The first-order valence-electron chi connectivity index (χ1n) is 10.3. The second-order valence-electron chi connectivity index (χ2n) is 9.61. The summed E-state index contributed by atoms with van der Waals surface area (Å²) >= 11 is 1.10. The molecule has 170 valence electrons. The average molecular weight is 475 g/mol. The first-order valence-corrected chi connectivity index (χ1v) is 12.6. The lowest BCUT2D eigenvalue weighted by Crippen LogP contribution is -2.42. The third-order valence-electron chi connectivity index (χ3n) is 6.04. The zero-order chi connectivity index (χ0) is 23.5. The largest absolute Gasteiger partial charge is 0.506 e. The van der Waals surface area contributed by atoms with Crippen LogP contribution in [0.2, 0.25) is 0 Å². The van der Waals surface area contributed by atoms with Crippen LogP contribution in [0.1, 0.15) is 57.2 Å². The number of thiophene rings is 1. The molecule has 2 aliphatic rings. The molecule has 9 heteroatoms. The van der Waals surface area contributed by atoms with Crippen molar-refractivity contribution in [3.8, 4) is 0 Å². The molecular weight excluding hydrogens is 448 g/mol. The fourth-order valence-corrected chi connectivity index (χ4v) is 6.76. The second kappa shape index (κ2) is 7.54. The lowest BCUT2D eigenvalue weighted by atomic mass is 9.65. The number of benzene rings is 1. The maximum Gasteiger partial charge on any atom is 0.287 e. The summed E-state index contributed by atoms with van der Waals surface area (Å²) in [5.41, 5.74) is 0.355. The van der Waals surface area contributed by atoms with Gasteiger partial charge in [-0.05, 0) is 36.1 Å². The summed E-state index contributed by atoms with van der Waals surface area (Å²) in [7, 11) is -4.16. The number of rotatable bonds is 4. The summed E-state index contributed by atoms with van der Waals surface area (Å²) in [6.07, 6.45) is 1.28. The number of aliphatic hydroxyl groups is 2. The van der Waals surface area contributed by atoms with E-state index >= 15 is 0 Å². The Bertz CT molecular complexity index is 1280. The number of fused-ring (bicyclic) bond motifs is 2. The Labute approximate surface area is 191 Å². The molecule has 2 heterocycles. The number of Topliss-reactive ketones (excluding diaryl/α,β-unsaturated/α-hetero) is 1. The molecule has 1 aromatic carbocycles. The van der Waals surface area contributed by atoms with Crippen LogP contribution >= 0.6 is 11.3 Å². The van der Waals surface area contributed by atoms with Crippen LogP contribution < -0.4 is 5.32 Å². The minimum atomic E-state index is -4.16. The van der Waals surface area contributed by atoms with Crippen molar-refractivity contribution < 1.29 is 23.4 Å². The Morgan fingerprint density at radius 3 is 2.56 bits per heavy atom. The van der Waals surface area contributed by atoms with Crippen LogP contribution in [0.15, 0.2) is 44.5 Å². The lowest BCUT2D eigenvalue weighted by Gasteiger charge is -2.37. The van der Waals surface area contributed by atoms with Gasteiger partial charge in [0, 0.05) is 11.1 Å². The molecule has 1 aromatic heterocycles. The number of ketones is 1. The Hall–Kier alpha value is -2.49.